The van der Waals surface area contributed by atoms with E-state index in [0.717, 1.165) is 22.7 Å². The van der Waals surface area contributed by atoms with Gasteiger partial charge in [-0.2, -0.15) is 4.31 Å². The quantitative estimate of drug-likeness (QED) is 0.659. The van der Waals surface area contributed by atoms with Crippen LogP contribution < -0.4 is 5.32 Å². The molecule has 156 valence electrons. The maximum atomic E-state index is 13.2. The highest BCUT2D eigenvalue weighted by atomic mass is 35.5. The van der Waals surface area contributed by atoms with Crippen LogP contribution in [0.25, 0.3) is 0 Å². The summed E-state index contributed by atoms with van der Waals surface area (Å²) in [6.07, 6.45) is 1.84. The monoisotopic (exact) mass is 456 g/mol. The van der Waals surface area contributed by atoms with Crippen LogP contribution in [0.4, 0.5) is 0 Å². The van der Waals surface area contributed by atoms with Gasteiger partial charge in [-0.25, -0.2) is 8.42 Å². The normalized spacial score (nSPS) is 16.9. The lowest BCUT2D eigenvalue weighted by Crippen LogP contribution is -2.42. The predicted octanol–water partition coefficient (Wildman–Crippen LogP) is 3.48. The summed E-state index contributed by atoms with van der Waals surface area (Å²) < 4.78 is 33.0. The van der Waals surface area contributed by atoms with Gasteiger partial charge in [0.1, 0.15) is 0 Å². The molecule has 1 amide bonds. The predicted molar refractivity (Wildman–Crippen MR) is 112 cm³/mol. The van der Waals surface area contributed by atoms with Crippen molar-refractivity contribution < 1.29 is 17.9 Å². The third kappa shape index (κ3) is 6.17. The summed E-state index contributed by atoms with van der Waals surface area (Å²) in [6.45, 7) is 0.790. The van der Waals surface area contributed by atoms with Crippen molar-refractivity contribution in [1.82, 2.24) is 9.62 Å². The van der Waals surface area contributed by atoms with E-state index in [1.165, 1.54) is 24.3 Å². The molecule has 0 saturated carbocycles. The molecule has 1 fully saturated rings. The van der Waals surface area contributed by atoms with Crippen molar-refractivity contribution in [1.29, 1.82) is 0 Å². The van der Waals surface area contributed by atoms with Crippen LogP contribution in [0.3, 0.4) is 0 Å². The number of benzene rings is 2. The first-order valence-electron chi connectivity index (χ1n) is 9.23. The van der Waals surface area contributed by atoms with Gasteiger partial charge in [-0.15, -0.1) is 0 Å². The van der Waals surface area contributed by atoms with E-state index in [1.807, 2.05) is 0 Å². The number of hydrogen-bond donors (Lipinski definition) is 1. The van der Waals surface area contributed by atoms with E-state index in [9.17, 15) is 13.2 Å². The Labute approximate surface area is 180 Å². The Kier molecular flexibility index (Phi) is 7.54. The van der Waals surface area contributed by atoms with E-state index in [1.54, 1.807) is 24.3 Å². The number of nitrogens with one attached hydrogen (secondary N) is 1. The number of sulfonamides is 1. The summed E-state index contributed by atoms with van der Waals surface area (Å²) in [6, 6.07) is 12.7. The molecule has 1 atom stereocenters. The SMILES string of the molecule is O=C(CN(Cc1ccc(Cl)cc1)S(=O)(=O)c1ccc(Cl)cc1)NC[C@@H]1CCCO1. The van der Waals surface area contributed by atoms with E-state index in [0.29, 0.717) is 23.2 Å². The zero-order chi connectivity index (χ0) is 20.9. The molecule has 1 aliphatic heterocycles. The smallest absolute Gasteiger partial charge is 0.243 e. The zero-order valence-corrected chi connectivity index (χ0v) is 18.0. The Balaban J connectivity index is 1.77. The second-order valence-corrected chi connectivity index (χ2v) is 9.60. The number of ether oxygens (including phenoxy) is 1. The van der Waals surface area contributed by atoms with Gasteiger partial charge in [-0.1, -0.05) is 35.3 Å². The molecule has 0 spiro atoms. The molecule has 1 saturated heterocycles. The van der Waals surface area contributed by atoms with E-state index in [2.05, 4.69) is 5.32 Å². The van der Waals surface area contributed by atoms with Gasteiger partial charge in [0.05, 0.1) is 17.5 Å². The molecule has 0 aromatic heterocycles. The van der Waals surface area contributed by atoms with Crippen molar-refractivity contribution in [2.24, 2.45) is 0 Å². The number of amides is 1. The minimum Gasteiger partial charge on any atom is -0.376 e. The highest BCUT2D eigenvalue weighted by Gasteiger charge is 2.27. The third-order valence-electron chi connectivity index (χ3n) is 4.59. The number of hydrogen-bond acceptors (Lipinski definition) is 4. The van der Waals surface area contributed by atoms with E-state index >= 15 is 0 Å². The van der Waals surface area contributed by atoms with Crippen LogP contribution in [0.5, 0.6) is 0 Å². The van der Waals surface area contributed by atoms with Gasteiger partial charge in [0, 0.05) is 29.7 Å². The van der Waals surface area contributed by atoms with Crippen LogP contribution in [0, 0.1) is 0 Å². The summed E-state index contributed by atoms with van der Waals surface area (Å²) in [7, 11) is -3.91. The summed E-state index contributed by atoms with van der Waals surface area (Å²) in [5, 5.41) is 3.75. The molecule has 9 heteroatoms. The van der Waals surface area contributed by atoms with Crippen LogP contribution in [-0.2, 0) is 26.1 Å². The Morgan fingerprint density at radius 3 is 2.28 bits per heavy atom. The maximum Gasteiger partial charge on any atom is 0.243 e. The molecule has 29 heavy (non-hydrogen) atoms. The van der Waals surface area contributed by atoms with Gasteiger partial charge in [-0.05, 0) is 54.8 Å². The highest BCUT2D eigenvalue weighted by molar-refractivity contribution is 7.89. The molecule has 2 aromatic rings. The van der Waals surface area contributed by atoms with Crippen molar-refractivity contribution in [3.8, 4) is 0 Å². The number of halogens is 2. The third-order valence-corrected chi connectivity index (χ3v) is 6.90. The van der Waals surface area contributed by atoms with Gasteiger partial charge < -0.3 is 10.1 Å². The minimum absolute atomic E-state index is 0.0171. The van der Waals surface area contributed by atoms with Gasteiger partial charge in [0.2, 0.25) is 15.9 Å². The molecule has 2 aromatic carbocycles. The lowest BCUT2D eigenvalue weighted by Gasteiger charge is -2.22. The van der Waals surface area contributed by atoms with Crippen LogP contribution in [0.15, 0.2) is 53.4 Å². The molecular formula is C20H22Cl2N2O4S. The molecule has 0 aliphatic carbocycles. The zero-order valence-electron chi connectivity index (χ0n) is 15.7. The van der Waals surface area contributed by atoms with E-state index in [4.69, 9.17) is 27.9 Å². The van der Waals surface area contributed by atoms with Gasteiger partial charge in [0.15, 0.2) is 0 Å². The maximum absolute atomic E-state index is 13.2. The lowest BCUT2D eigenvalue weighted by molar-refractivity contribution is -0.121. The Hall–Kier alpha value is -1.64. The van der Waals surface area contributed by atoms with E-state index < -0.39 is 10.0 Å². The van der Waals surface area contributed by atoms with Crippen molar-refractivity contribution in [2.75, 3.05) is 19.7 Å². The number of nitrogens with zero attached hydrogens (tertiary/aromatic N) is 1. The van der Waals surface area contributed by atoms with Gasteiger partial charge in [0.25, 0.3) is 0 Å². The standard InChI is InChI=1S/C20H22Cl2N2O4S/c21-16-5-3-15(4-6-16)13-24(14-20(25)23-12-18-2-1-11-28-18)29(26,27)19-9-7-17(22)8-10-19/h3-10,18H,1-2,11-14H2,(H,23,25)/t18-/m0/s1. The number of carbonyl (C=O) groups is 1. The number of carbonyl (C=O) groups excluding carboxylic acids is 1. The Morgan fingerprint density at radius 2 is 1.69 bits per heavy atom. The molecule has 1 N–H and O–H groups in total. The first kappa shape index (κ1) is 22.1. The topological polar surface area (TPSA) is 75.7 Å². The van der Waals surface area contributed by atoms with Crippen molar-refractivity contribution in [3.63, 3.8) is 0 Å². The van der Waals surface area contributed by atoms with Gasteiger partial charge >= 0.3 is 0 Å². The molecular weight excluding hydrogens is 435 g/mol. The second kappa shape index (κ2) is 9.91. The average Bonchev–Trinajstić information content (AvgIpc) is 3.21. The molecule has 0 unspecified atom stereocenters. The van der Waals surface area contributed by atoms with Crippen LogP contribution in [-0.4, -0.2) is 44.4 Å². The second-order valence-electron chi connectivity index (χ2n) is 6.79. The summed E-state index contributed by atoms with van der Waals surface area (Å²) in [5.41, 5.74) is 0.721. The van der Waals surface area contributed by atoms with Gasteiger partial charge in [-0.3, -0.25) is 4.79 Å². The molecule has 6 nitrogen and oxygen atoms in total. The largest absolute Gasteiger partial charge is 0.376 e. The first-order valence-corrected chi connectivity index (χ1v) is 11.4. The highest BCUT2D eigenvalue weighted by Crippen LogP contribution is 2.21. The Bertz CT molecular complexity index is 928. The average molecular weight is 457 g/mol. The summed E-state index contributed by atoms with van der Waals surface area (Å²) in [4.78, 5) is 12.5. The molecule has 0 radical (unpaired) electrons. The van der Waals surface area contributed by atoms with E-state index in [-0.39, 0.29) is 30.0 Å². The van der Waals surface area contributed by atoms with Crippen LogP contribution in [0.1, 0.15) is 18.4 Å². The fraction of sp³-hybridized carbons (Fsp3) is 0.350. The lowest BCUT2D eigenvalue weighted by atomic mass is 10.2. The fourth-order valence-corrected chi connectivity index (χ4v) is 4.66. The van der Waals surface area contributed by atoms with Crippen molar-refractivity contribution >= 4 is 39.1 Å². The molecule has 1 aliphatic rings. The summed E-state index contributed by atoms with van der Waals surface area (Å²) in [5.74, 6) is -0.382. The minimum atomic E-state index is -3.91. The first-order chi connectivity index (χ1) is 13.8. The number of rotatable bonds is 8. The molecule has 3 rings (SSSR count). The molecule has 1 heterocycles. The molecule has 0 bridgehead atoms. The van der Waals surface area contributed by atoms with Crippen LogP contribution >= 0.6 is 23.2 Å². The summed E-state index contributed by atoms with van der Waals surface area (Å²) >= 11 is 11.8. The van der Waals surface area contributed by atoms with Crippen molar-refractivity contribution in [3.05, 3.63) is 64.1 Å². The Morgan fingerprint density at radius 1 is 1.07 bits per heavy atom. The van der Waals surface area contributed by atoms with Crippen LogP contribution in [0.2, 0.25) is 10.0 Å². The van der Waals surface area contributed by atoms with Crippen molar-refractivity contribution in [2.45, 2.75) is 30.4 Å². The fourth-order valence-electron chi connectivity index (χ4n) is 3.02.